The molecule has 186 valence electrons. The van der Waals surface area contributed by atoms with Gasteiger partial charge in [0.2, 0.25) is 0 Å². The van der Waals surface area contributed by atoms with E-state index in [4.69, 9.17) is 23.1 Å². The monoisotopic (exact) mass is 521 g/mol. The fourth-order valence-corrected chi connectivity index (χ4v) is 5.50. The van der Waals surface area contributed by atoms with Crippen molar-refractivity contribution in [3.8, 4) is 0 Å². The van der Waals surface area contributed by atoms with E-state index < -0.39 is 0 Å². The summed E-state index contributed by atoms with van der Waals surface area (Å²) in [7, 11) is 0. The van der Waals surface area contributed by atoms with Crippen LogP contribution in [0.1, 0.15) is 25.3 Å². The standard InChI is InChI=1S/C26H28ClN7OS/c1-26(15-28)9-11-33(12-10-26)20-13-30-24(23(29)32-20)36-19-8-7-18-21(22(19)27)25(35)34(16-31-18)14-17-5-3-2-4-6-17/h2-8,13,16H,9-12,14-15,28H2,1H3,(H2,29,32). The number of rotatable bonds is 6. The number of aromatic nitrogens is 4. The van der Waals surface area contributed by atoms with Gasteiger partial charge in [-0.25, -0.2) is 15.0 Å². The van der Waals surface area contributed by atoms with Gasteiger partial charge in [-0.05, 0) is 42.5 Å². The van der Waals surface area contributed by atoms with E-state index >= 15 is 0 Å². The summed E-state index contributed by atoms with van der Waals surface area (Å²) in [4.78, 5) is 29.8. The molecule has 5 rings (SSSR count). The summed E-state index contributed by atoms with van der Waals surface area (Å²) in [5.74, 6) is 1.09. The van der Waals surface area contributed by atoms with Gasteiger partial charge in [0.25, 0.3) is 5.56 Å². The van der Waals surface area contributed by atoms with Gasteiger partial charge >= 0.3 is 0 Å². The van der Waals surface area contributed by atoms with E-state index in [0.717, 1.165) is 37.3 Å². The molecule has 0 saturated carbocycles. The average molecular weight is 522 g/mol. The van der Waals surface area contributed by atoms with Gasteiger partial charge < -0.3 is 16.4 Å². The highest BCUT2D eigenvalue weighted by Gasteiger charge is 2.29. The molecule has 4 aromatic rings. The minimum Gasteiger partial charge on any atom is -0.381 e. The summed E-state index contributed by atoms with van der Waals surface area (Å²) in [5.41, 5.74) is 13.8. The Morgan fingerprint density at radius 3 is 2.56 bits per heavy atom. The van der Waals surface area contributed by atoms with Crippen LogP contribution < -0.4 is 21.9 Å². The number of hydrogen-bond donors (Lipinski definition) is 2. The summed E-state index contributed by atoms with van der Waals surface area (Å²) in [5, 5.41) is 1.25. The predicted octanol–water partition coefficient (Wildman–Crippen LogP) is 4.19. The van der Waals surface area contributed by atoms with Crippen LogP contribution >= 0.6 is 23.4 Å². The number of piperidine rings is 1. The van der Waals surface area contributed by atoms with Crippen molar-refractivity contribution in [3.05, 3.63) is 75.9 Å². The molecule has 0 spiro atoms. The molecule has 1 aliphatic heterocycles. The zero-order valence-electron chi connectivity index (χ0n) is 20.0. The van der Waals surface area contributed by atoms with E-state index in [1.54, 1.807) is 23.2 Å². The lowest BCUT2D eigenvalue weighted by Crippen LogP contribution is -2.42. The Kier molecular flexibility index (Phi) is 6.87. The summed E-state index contributed by atoms with van der Waals surface area (Å²) in [6, 6.07) is 13.4. The second-order valence-electron chi connectivity index (χ2n) is 9.46. The first kappa shape index (κ1) is 24.5. The van der Waals surface area contributed by atoms with E-state index in [0.29, 0.717) is 44.8 Å². The van der Waals surface area contributed by atoms with Crippen molar-refractivity contribution in [3.63, 3.8) is 0 Å². The highest BCUT2D eigenvalue weighted by atomic mass is 35.5. The van der Waals surface area contributed by atoms with Crippen molar-refractivity contribution in [2.75, 3.05) is 30.3 Å². The fourth-order valence-electron chi connectivity index (χ4n) is 4.35. The molecule has 1 saturated heterocycles. The molecule has 0 amide bonds. The molecule has 8 nitrogen and oxygen atoms in total. The van der Waals surface area contributed by atoms with Crippen LogP contribution in [0.4, 0.5) is 11.6 Å². The topological polar surface area (TPSA) is 116 Å². The predicted molar refractivity (Wildman–Crippen MR) is 146 cm³/mol. The average Bonchev–Trinajstić information content (AvgIpc) is 2.89. The summed E-state index contributed by atoms with van der Waals surface area (Å²) >= 11 is 8.03. The summed E-state index contributed by atoms with van der Waals surface area (Å²) in [6.45, 7) is 5.06. The number of halogens is 1. The third-order valence-corrected chi connectivity index (χ3v) is 8.41. The Labute approximate surface area is 218 Å². The van der Waals surface area contributed by atoms with Gasteiger partial charge in [0, 0.05) is 18.0 Å². The molecule has 3 heterocycles. The Morgan fingerprint density at radius 1 is 1.11 bits per heavy atom. The molecule has 2 aromatic heterocycles. The van der Waals surface area contributed by atoms with Gasteiger partial charge in [-0.2, -0.15) is 0 Å². The highest BCUT2D eigenvalue weighted by Crippen LogP contribution is 2.38. The van der Waals surface area contributed by atoms with Crippen LogP contribution in [-0.2, 0) is 6.54 Å². The number of benzene rings is 2. The first-order valence-electron chi connectivity index (χ1n) is 11.8. The smallest absolute Gasteiger partial charge is 0.263 e. The normalized spacial score (nSPS) is 15.4. The summed E-state index contributed by atoms with van der Waals surface area (Å²) in [6.07, 6.45) is 5.31. The first-order chi connectivity index (χ1) is 17.4. The van der Waals surface area contributed by atoms with Gasteiger partial charge in [0.15, 0.2) is 5.82 Å². The van der Waals surface area contributed by atoms with Gasteiger partial charge in [-0.3, -0.25) is 9.36 Å². The molecule has 0 atom stereocenters. The van der Waals surface area contributed by atoms with Crippen molar-refractivity contribution >= 4 is 45.9 Å². The third-order valence-electron chi connectivity index (χ3n) is 6.84. The lowest BCUT2D eigenvalue weighted by molar-refractivity contribution is 0.258. The molecular weight excluding hydrogens is 494 g/mol. The number of fused-ring (bicyclic) bond motifs is 1. The van der Waals surface area contributed by atoms with Gasteiger partial charge in [0.05, 0.1) is 35.0 Å². The second-order valence-corrected chi connectivity index (χ2v) is 10.9. The van der Waals surface area contributed by atoms with E-state index in [9.17, 15) is 4.79 Å². The zero-order chi connectivity index (χ0) is 25.3. The van der Waals surface area contributed by atoms with Crippen molar-refractivity contribution in [2.45, 2.75) is 36.2 Å². The van der Waals surface area contributed by atoms with Crippen molar-refractivity contribution in [2.24, 2.45) is 11.1 Å². The minimum absolute atomic E-state index is 0.173. The number of nitrogens with two attached hydrogens (primary N) is 2. The lowest BCUT2D eigenvalue weighted by atomic mass is 9.80. The maximum atomic E-state index is 13.3. The van der Waals surface area contributed by atoms with E-state index in [-0.39, 0.29) is 11.0 Å². The van der Waals surface area contributed by atoms with Gasteiger partial charge in [0.1, 0.15) is 10.8 Å². The van der Waals surface area contributed by atoms with Crippen LogP contribution in [0.5, 0.6) is 0 Å². The zero-order valence-corrected chi connectivity index (χ0v) is 21.6. The van der Waals surface area contributed by atoms with Crippen LogP contribution in [0.25, 0.3) is 10.9 Å². The molecule has 0 aliphatic carbocycles. The number of nitrogens with zero attached hydrogens (tertiary/aromatic N) is 5. The van der Waals surface area contributed by atoms with Crippen LogP contribution in [0, 0.1) is 5.41 Å². The molecule has 0 bridgehead atoms. The van der Waals surface area contributed by atoms with E-state index in [1.165, 1.54) is 11.8 Å². The Balaban J connectivity index is 1.40. The number of hydrogen-bond acceptors (Lipinski definition) is 8. The number of nitrogen functional groups attached to an aromatic ring is 1. The molecule has 10 heteroatoms. The molecule has 2 aromatic carbocycles. The highest BCUT2D eigenvalue weighted by molar-refractivity contribution is 7.99. The lowest BCUT2D eigenvalue weighted by Gasteiger charge is -2.39. The summed E-state index contributed by atoms with van der Waals surface area (Å²) < 4.78 is 1.56. The molecular formula is C26H28ClN7OS. The fraction of sp³-hybridized carbons (Fsp3) is 0.308. The van der Waals surface area contributed by atoms with Gasteiger partial charge in [-0.1, -0.05) is 60.6 Å². The first-order valence-corrected chi connectivity index (χ1v) is 13.0. The van der Waals surface area contributed by atoms with Crippen molar-refractivity contribution in [1.82, 2.24) is 19.5 Å². The maximum Gasteiger partial charge on any atom is 0.263 e. The molecule has 0 unspecified atom stereocenters. The molecule has 4 N–H and O–H groups in total. The Bertz CT molecular complexity index is 1450. The largest absolute Gasteiger partial charge is 0.381 e. The third kappa shape index (κ3) is 4.91. The van der Waals surface area contributed by atoms with E-state index in [1.807, 2.05) is 36.4 Å². The maximum absolute atomic E-state index is 13.3. The molecule has 36 heavy (non-hydrogen) atoms. The second kappa shape index (κ2) is 10.1. The SMILES string of the molecule is CC1(CN)CCN(c2cnc(Sc3ccc4ncn(Cc5ccccc5)c(=O)c4c3Cl)c(N)n2)CC1. The number of anilines is 2. The molecule has 1 aliphatic rings. The van der Waals surface area contributed by atoms with Crippen LogP contribution in [0.15, 0.2) is 69.7 Å². The van der Waals surface area contributed by atoms with Crippen molar-refractivity contribution < 1.29 is 0 Å². The minimum atomic E-state index is -0.194. The Hall–Kier alpha value is -3.14. The van der Waals surface area contributed by atoms with Crippen LogP contribution in [-0.4, -0.2) is 39.2 Å². The van der Waals surface area contributed by atoms with Gasteiger partial charge in [-0.15, -0.1) is 0 Å². The van der Waals surface area contributed by atoms with Crippen LogP contribution in [0.3, 0.4) is 0 Å². The van der Waals surface area contributed by atoms with E-state index in [2.05, 4.69) is 26.8 Å². The van der Waals surface area contributed by atoms with Crippen molar-refractivity contribution in [1.29, 1.82) is 0 Å². The molecule has 1 fully saturated rings. The van der Waals surface area contributed by atoms with Crippen LogP contribution in [0.2, 0.25) is 5.02 Å². The quantitative estimate of drug-likeness (QED) is 0.388. The Morgan fingerprint density at radius 2 is 1.86 bits per heavy atom. The molecule has 0 radical (unpaired) electrons.